The SMILES string of the molecule is CCCC/C=C/C=C/CC(O)CCCCCCCC(=O)OC(CC(=O)[O-])C[N+](C)(C)C. The summed E-state index contributed by atoms with van der Waals surface area (Å²) in [5.41, 5.74) is 0. The van der Waals surface area contributed by atoms with E-state index in [0.29, 0.717) is 23.9 Å². The molecule has 0 aliphatic heterocycles. The normalized spacial score (nSPS) is 14.2. The number of ether oxygens (including phenoxy) is 1. The molecule has 2 atom stereocenters. The summed E-state index contributed by atoms with van der Waals surface area (Å²) in [7, 11) is 5.78. The van der Waals surface area contributed by atoms with E-state index >= 15 is 0 Å². The number of quaternary nitrogens is 1. The maximum absolute atomic E-state index is 12.0. The van der Waals surface area contributed by atoms with Crippen molar-refractivity contribution in [1.82, 2.24) is 0 Å². The highest BCUT2D eigenvalue weighted by Crippen LogP contribution is 2.12. The molecule has 0 aliphatic carbocycles. The van der Waals surface area contributed by atoms with Crippen LogP contribution in [0.5, 0.6) is 0 Å². The summed E-state index contributed by atoms with van der Waals surface area (Å²) in [5.74, 6) is -1.54. The number of unbranched alkanes of at least 4 members (excludes halogenated alkanes) is 6. The largest absolute Gasteiger partial charge is 0.550 e. The van der Waals surface area contributed by atoms with Crippen molar-refractivity contribution in [3.63, 3.8) is 0 Å². The van der Waals surface area contributed by atoms with Crippen LogP contribution in [0.25, 0.3) is 0 Å². The minimum absolute atomic E-state index is 0.270. The third-order valence-electron chi connectivity index (χ3n) is 4.88. The van der Waals surface area contributed by atoms with Crippen molar-refractivity contribution in [2.75, 3.05) is 27.7 Å². The monoisotopic (exact) mass is 439 g/mol. The fraction of sp³-hybridized carbons (Fsp3) is 0.760. The Morgan fingerprint density at radius 3 is 2.29 bits per heavy atom. The van der Waals surface area contributed by atoms with Gasteiger partial charge in [0.2, 0.25) is 0 Å². The van der Waals surface area contributed by atoms with Crippen LogP contribution in [0.3, 0.4) is 0 Å². The smallest absolute Gasteiger partial charge is 0.306 e. The average molecular weight is 440 g/mol. The summed E-state index contributed by atoms with van der Waals surface area (Å²) >= 11 is 0. The van der Waals surface area contributed by atoms with Gasteiger partial charge in [-0.05, 0) is 25.7 Å². The Morgan fingerprint density at radius 1 is 1.00 bits per heavy atom. The Kier molecular flexibility index (Phi) is 17.0. The van der Waals surface area contributed by atoms with Crippen molar-refractivity contribution in [3.05, 3.63) is 24.3 Å². The molecule has 0 aromatic carbocycles. The summed E-state index contributed by atoms with van der Waals surface area (Å²) in [5, 5.41) is 20.9. The third kappa shape index (κ3) is 21.4. The van der Waals surface area contributed by atoms with Gasteiger partial charge in [0, 0.05) is 18.8 Å². The van der Waals surface area contributed by atoms with Crippen LogP contribution < -0.4 is 5.11 Å². The molecule has 0 saturated heterocycles. The zero-order chi connectivity index (χ0) is 23.5. The second kappa shape index (κ2) is 18.0. The van der Waals surface area contributed by atoms with Gasteiger partial charge >= 0.3 is 5.97 Å². The van der Waals surface area contributed by atoms with Crippen LogP contribution in [-0.4, -0.2) is 61.4 Å². The zero-order valence-corrected chi connectivity index (χ0v) is 20.2. The molecule has 1 N–H and O–H groups in total. The first-order valence-electron chi connectivity index (χ1n) is 11.8. The number of aliphatic carboxylic acids is 1. The molecule has 6 nitrogen and oxygen atoms in total. The lowest BCUT2D eigenvalue weighted by atomic mass is 10.1. The van der Waals surface area contributed by atoms with E-state index in [4.69, 9.17) is 4.74 Å². The first-order chi connectivity index (χ1) is 14.6. The van der Waals surface area contributed by atoms with E-state index in [1.54, 1.807) is 0 Å². The van der Waals surface area contributed by atoms with Crippen molar-refractivity contribution in [1.29, 1.82) is 0 Å². The number of nitrogens with zero attached hydrogens (tertiary/aromatic N) is 1. The quantitative estimate of drug-likeness (QED) is 0.144. The fourth-order valence-corrected chi connectivity index (χ4v) is 3.29. The van der Waals surface area contributed by atoms with Gasteiger partial charge in [-0.2, -0.15) is 0 Å². The summed E-state index contributed by atoms with van der Waals surface area (Å²) in [6, 6.07) is 0. The summed E-state index contributed by atoms with van der Waals surface area (Å²) in [4.78, 5) is 22.9. The maximum atomic E-state index is 12.0. The summed E-state index contributed by atoms with van der Waals surface area (Å²) in [6.45, 7) is 2.62. The number of carboxylic acids is 1. The van der Waals surface area contributed by atoms with Crippen molar-refractivity contribution in [3.8, 4) is 0 Å². The Bertz CT molecular complexity index is 537. The number of aliphatic hydroxyl groups excluding tert-OH is 1. The molecule has 0 aromatic heterocycles. The number of carboxylic acid groups (broad SMARTS) is 1. The lowest BCUT2D eigenvalue weighted by Crippen LogP contribution is -2.45. The second-order valence-corrected chi connectivity index (χ2v) is 9.36. The minimum atomic E-state index is -1.20. The van der Waals surface area contributed by atoms with Crippen molar-refractivity contribution in [2.45, 2.75) is 96.2 Å². The van der Waals surface area contributed by atoms with Crippen LogP contribution in [0, 0.1) is 0 Å². The topological polar surface area (TPSA) is 86.7 Å². The molecular weight excluding hydrogens is 394 g/mol. The zero-order valence-electron chi connectivity index (χ0n) is 20.2. The number of aliphatic hydroxyl groups is 1. The number of allylic oxidation sites excluding steroid dienone is 3. The lowest BCUT2D eigenvalue weighted by molar-refractivity contribution is -0.873. The van der Waals surface area contributed by atoms with Crippen LogP contribution >= 0.6 is 0 Å². The molecular formula is C25H45NO5. The first kappa shape index (κ1) is 29.3. The number of esters is 1. The molecule has 0 saturated carbocycles. The van der Waals surface area contributed by atoms with Gasteiger partial charge in [-0.1, -0.05) is 69.8 Å². The van der Waals surface area contributed by atoms with E-state index < -0.39 is 12.1 Å². The molecule has 0 heterocycles. The highest BCUT2D eigenvalue weighted by Gasteiger charge is 2.22. The van der Waals surface area contributed by atoms with Crippen LogP contribution in [0.2, 0.25) is 0 Å². The Hall–Kier alpha value is -1.66. The molecule has 0 spiro atoms. The van der Waals surface area contributed by atoms with E-state index in [-0.39, 0.29) is 18.5 Å². The number of carbonyl (C=O) groups is 2. The average Bonchev–Trinajstić information content (AvgIpc) is 2.64. The standard InChI is InChI=1S/C25H45NO5/c1-5-6-7-8-9-11-14-17-22(27)18-15-12-10-13-16-19-25(30)31-23(20-24(28)29)21-26(2,3)4/h8-9,11,14,22-23,27H,5-7,10,12-13,15-21H2,1-4H3/b9-8+,14-11+. The molecule has 0 amide bonds. The molecule has 0 aromatic rings. The van der Waals surface area contributed by atoms with Gasteiger partial charge in [0.1, 0.15) is 6.54 Å². The molecule has 6 heteroatoms. The van der Waals surface area contributed by atoms with Gasteiger partial charge in [0.05, 0.1) is 27.2 Å². The van der Waals surface area contributed by atoms with E-state index in [1.165, 1.54) is 12.8 Å². The fourth-order valence-electron chi connectivity index (χ4n) is 3.29. The van der Waals surface area contributed by atoms with Crippen LogP contribution in [0.15, 0.2) is 24.3 Å². The highest BCUT2D eigenvalue weighted by atomic mass is 16.5. The van der Waals surface area contributed by atoms with Gasteiger partial charge < -0.3 is 24.2 Å². The number of rotatable bonds is 19. The first-order valence-corrected chi connectivity index (χ1v) is 11.8. The molecule has 31 heavy (non-hydrogen) atoms. The van der Waals surface area contributed by atoms with E-state index in [9.17, 15) is 19.8 Å². The van der Waals surface area contributed by atoms with Crippen LogP contribution in [0.4, 0.5) is 0 Å². The van der Waals surface area contributed by atoms with Gasteiger partial charge in [0.25, 0.3) is 0 Å². The number of hydrogen-bond donors (Lipinski definition) is 1. The molecule has 180 valence electrons. The Balaban J connectivity index is 3.82. The summed E-state index contributed by atoms with van der Waals surface area (Å²) < 4.78 is 5.87. The number of likely N-dealkylation sites (N-methyl/N-ethyl adjacent to an activating group) is 1. The summed E-state index contributed by atoms with van der Waals surface area (Å²) in [6.07, 6.45) is 17.0. The van der Waals surface area contributed by atoms with Crippen molar-refractivity contribution >= 4 is 11.9 Å². The molecule has 2 unspecified atom stereocenters. The second-order valence-electron chi connectivity index (χ2n) is 9.36. The van der Waals surface area contributed by atoms with Crippen LogP contribution in [-0.2, 0) is 14.3 Å². The molecule has 0 fully saturated rings. The predicted octanol–water partition coefficient (Wildman–Crippen LogP) is 3.53. The van der Waals surface area contributed by atoms with Crippen molar-refractivity contribution in [2.24, 2.45) is 0 Å². The van der Waals surface area contributed by atoms with Crippen LogP contribution in [0.1, 0.15) is 84.0 Å². The van der Waals surface area contributed by atoms with E-state index in [0.717, 1.165) is 44.9 Å². The molecule has 0 radical (unpaired) electrons. The van der Waals surface area contributed by atoms with Gasteiger partial charge in [-0.25, -0.2) is 0 Å². The van der Waals surface area contributed by atoms with Gasteiger partial charge in [0.15, 0.2) is 6.10 Å². The molecule has 0 bridgehead atoms. The van der Waals surface area contributed by atoms with Gasteiger partial charge in [-0.15, -0.1) is 0 Å². The molecule has 0 rings (SSSR count). The minimum Gasteiger partial charge on any atom is -0.550 e. The molecule has 0 aliphatic rings. The van der Waals surface area contributed by atoms with E-state index in [1.807, 2.05) is 33.3 Å². The Morgan fingerprint density at radius 2 is 1.65 bits per heavy atom. The maximum Gasteiger partial charge on any atom is 0.306 e. The lowest BCUT2D eigenvalue weighted by Gasteiger charge is -2.29. The number of hydrogen-bond acceptors (Lipinski definition) is 5. The van der Waals surface area contributed by atoms with E-state index in [2.05, 4.69) is 19.1 Å². The predicted molar refractivity (Wildman–Crippen MR) is 123 cm³/mol. The highest BCUT2D eigenvalue weighted by molar-refractivity contribution is 5.70. The van der Waals surface area contributed by atoms with Gasteiger partial charge in [-0.3, -0.25) is 4.79 Å². The van der Waals surface area contributed by atoms with Crippen molar-refractivity contribution < 1.29 is 29.0 Å². The Labute approximate surface area is 189 Å². The number of carbonyl (C=O) groups excluding carboxylic acids is 2. The third-order valence-corrected chi connectivity index (χ3v) is 4.88.